The van der Waals surface area contributed by atoms with E-state index in [0.29, 0.717) is 28.2 Å². The molecule has 0 aliphatic rings. The zero-order chi connectivity index (χ0) is 19.2. The molecule has 2 N–H and O–H groups in total. The molecule has 0 aliphatic carbocycles. The fourth-order valence-electron chi connectivity index (χ4n) is 2.41. The molecule has 0 fully saturated rings. The van der Waals surface area contributed by atoms with Gasteiger partial charge in [0.15, 0.2) is 0 Å². The number of nitrogens with zero attached hydrogens (tertiary/aromatic N) is 1. The highest BCUT2D eigenvalue weighted by molar-refractivity contribution is 6.04. The van der Waals surface area contributed by atoms with Crippen LogP contribution in [0.1, 0.15) is 20.7 Å². The lowest BCUT2D eigenvalue weighted by Crippen LogP contribution is -2.12. The minimum absolute atomic E-state index is 0.299. The number of hydrogen-bond donors (Lipinski definition) is 2. The van der Waals surface area contributed by atoms with Crippen LogP contribution in [0, 0.1) is 5.82 Å². The normalized spacial score (nSPS) is 10.1. The van der Waals surface area contributed by atoms with E-state index in [4.69, 9.17) is 4.74 Å². The van der Waals surface area contributed by atoms with Gasteiger partial charge in [0.1, 0.15) is 5.82 Å². The molecule has 0 saturated heterocycles. The first-order valence-electron chi connectivity index (χ1n) is 8.02. The highest BCUT2D eigenvalue weighted by atomic mass is 19.1. The number of ether oxygens (including phenoxy) is 1. The Bertz CT molecular complexity index is 991. The van der Waals surface area contributed by atoms with Crippen molar-refractivity contribution in [1.29, 1.82) is 0 Å². The van der Waals surface area contributed by atoms with E-state index in [1.807, 2.05) is 0 Å². The third kappa shape index (κ3) is 4.66. The number of esters is 1. The van der Waals surface area contributed by atoms with Gasteiger partial charge < -0.3 is 15.4 Å². The summed E-state index contributed by atoms with van der Waals surface area (Å²) in [6.07, 6.45) is 2.95. The number of nitrogens with one attached hydrogen (secondary N) is 2. The van der Waals surface area contributed by atoms with E-state index in [2.05, 4.69) is 15.6 Å². The molecule has 0 radical (unpaired) electrons. The number of anilines is 3. The van der Waals surface area contributed by atoms with E-state index < -0.39 is 17.7 Å². The number of pyridine rings is 1. The molecule has 3 rings (SSSR count). The van der Waals surface area contributed by atoms with Crippen molar-refractivity contribution in [3.63, 3.8) is 0 Å². The van der Waals surface area contributed by atoms with Crippen LogP contribution < -0.4 is 10.6 Å². The smallest absolute Gasteiger partial charge is 0.337 e. The van der Waals surface area contributed by atoms with E-state index in [0.717, 1.165) is 0 Å². The van der Waals surface area contributed by atoms with Gasteiger partial charge in [-0.25, -0.2) is 9.18 Å². The highest BCUT2D eigenvalue weighted by Gasteiger charge is 2.09. The average Bonchev–Trinajstić information content (AvgIpc) is 2.68. The summed E-state index contributed by atoms with van der Waals surface area (Å²) in [7, 11) is 1.31. The third-order valence-electron chi connectivity index (χ3n) is 3.66. The van der Waals surface area contributed by atoms with Gasteiger partial charge >= 0.3 is 5.97 Å². The van der Waals surface area contributed by atoms with E-state index >= 15 is 0 Å². The zero-order valence-corrected chi connectivity index (χ0v) is 14.4. The van der Waals surface area contributed by atoms with Crippen LogP contribution in [0.5, 0.6) is 0 Å². The molecule has 2 aromatic carbocycles. The SMILES string of the molecule is COC(=O)c1cccc(Nc2cncc(C(=O)Nc3cccc(F)c3)c2)c1. The van der Waals surface area contributed by atoms with Crippen LogP contribution in [-0.2, 0) is 4.74 Å². The third-order valence-corrected chi connectivity index (χ3v) is 3.66. The molecule has 1 heterocycles. The summed E-state index contributed by atoms with van der Waals surface area (Å²) in [5.74, 6) is -1.30. The summed E-state index contributed by atoms with van der Waals surface area (Å²) in [6.45, 7) is 0. The Morgan fingerprint density at radius 2 is 1.67 bits per heavy atom. The molecule has 0 atom stereocenters. The Balaban J connectivity index is 1.75. The molecule has 27 heavy (non-hydrogen) atoms. The van der Waals surface area contributed by atoms with Crippen LogP contribution in [0.4, 0.5) is 21.5 Å². The number of methoxy groups -OCH3 is 1. The van der Waals surface area contributed by atoms with Gasteiger partial charge in [-0.3, -0.25) is 9.78 Å². The molecule has 0 spiro atoms. The van der Waals surface area contributed by atoms with Gasteiger partial charge in [-0.1, -0.05) is 12.1 Å². The van der Waals surface area contributed by atoms with Crippen LogP contribution in [0.3, 0.4) is 0 Å². The lowest BCUT2D eigenvalue weighted by Gasteiger charge is -2.09. The minimum atomic E-state index is -0.444. The summed E-state index contributed by atoms with van der Waals surface area (Å²) in [5.41, 5.74) is 2.25. The van der Waals surface area contributed by atoms with Crippen molar-refractivity contribution in [1.82, 2.24) is 4.98 Å². The van der Waals surface area contributed by atoms with E-state index in [9.17, 15) is 14.0 Å². The van der Waals surface area contributed by atoms with Crippen LogP contribution in [-0.4, -0.2) is 24.0 Å². The molecule has 3 aromatic rings. The fourth-order valence-corrected chi connectivity index (χ4v) is 2.41. The van der Waals surface area contributed by atoms with Gasteiger partial charge in [0.05, 0.1) is 30.1 Å². The number of aromatic nitrogens is 1. The number of benzene rings is 2. The van der Waals surface area contributed by atoms with E-state index in [1.165, 1.54) is 31.5 Å². The molecule has 0 bridgehead atoms. The van der Waals surface area contributed by atoms with Gasteiger partial charge in [0, 0.05) is 17.6 Å². The number of hydrogen-bond acceptors (Lipinski definition) is 5. The highest BCUT2D eigenvalue weighted by Crippen LogP contribution is 2.19. The Hall–Kier alpha value is -3.74. The molecule has 6 nitrogen and oxygen atoms in total. The van der Waals surface area contributed by atoms with Crippen LogP contribution in [0.15, 0.2) is 67.0 Å². The van der Waals surface area contributed by atoms with Gasteiger partial charge in [-0.15, -0.1) is 0 Å². The number of rotatable bonds is 5. The molecule has 136 valence electrons. The Kier molecular flexibility index (Phi) is 5.41. The summed E-state index contributed by atoms with van der Waals surface area (Å²) >= 11 is 0. The average molecular weight is 365 g/mol. The maximum Gasteiger partial charge on any atom is 0.337 e. The Labute approximate surface area is 155 Å². The molecular weight excluding hydrogens is 349 g/mol. The van der Waals surface area contributed by atoms with Crippen molar-refractivity contribution in [3.05, 3.63) is 83.9 Å². The molecule has 1 aromatic heterocycles. The second-order valence-corrected chi connectivity index (χ2v) is 5.62. The first-order chi connectivity index (χ1) is 13.0. The van der Waals surface area contributed by atoms with Crippen LogP contribution in [0.2, 0.25) is 0 Å². The second kappa shape index (κ2) is 8.09. The van der Waals surface area contributed by atoms with Crippen LogP contribution in [0.25, 0.3) is 0 Å². The quantitative estimate of drug-likeness (QED) is 0.668. The number of carbonyl (C=O) groups is 2. The lowest BCUT2D eigenvalue weighted by atomic mass is 10.2. The number of halogens is 1. The molecule has 0 unspecified atom stereocenters. The van der Waals surface area contributed by atoms with Crippen molar-refractivity contribution >= 4 is 28.9 Å². The largest absolute Gasteiger partial charge is 0.465 e. The summed E-state index contributed by atoms with van der Waals surface area (Å²) < 4.78 is 17.9. The monoisotopic (exact) mass is 365 g/mol. The Morgan fingerprint density at radius 1 is 0.926 bits per heavy atom. The number of carbonyl (C=O) groups excluding carboxylic acids is 2. The maximum atomic E-state index is 13.2. The predicted molar refractivity (Wildman–Crippen MR) is 99.7 cm³/mol. The fraction of sp³-hybridized carbons (Fsp3) is 0.0500. The van der Waals surface area contributed by atoms with Crippen molar-refractivity contribution < 1.29 is 18.7 Å². The lowest BCUT2D eigenvalue weighted by molar-refractivity contribution is 0.0600. The summed E-state index contributed by atoms with van der Waals surface area (Å²) in [4.78, 5) is 28.0. The molecule has 0 saturated carbocycles. The van der Waals surface area contributed by atoms with Crippen molar-refractivity contribution in [2.45, 2.75) is 0 Å². The maximum absolute atomic E-state index is 13.2. The summed E-state index contributed by atoms with van der Waals surface area (Å²) in [6, 6.07) is 14.0. The van der Waals surface area contributed by atoms with E-state index in [-0.39, 0.29) is 0 Å². The Morgan fingerprint density at radius 3 is 2.44 bits per heavy atom. The van der Waals surface area contributed by atoms with Gasteiger partial charge in [-0.05, 0) is 42.5 Å². The van der Waals surface area contributed by atoms with Gasteiger partial charge in [0.2, 0.25) is 0 Å². The minimum Gasteiger partial charge on any atom is -0.465 e. The molecule has 7 heteroatoms. The second-order valence-electron chi connectivity index (χ2n) is 5.62. The van der Waals surface area contributed by atoms with Gasteiger partial charge in [0.25, 0.3) is 5.91 Å². The van der Waals surface area contributed by atoms with E-state index in [1.54, 1.807) is 42.6 Å². The molecule has 1 amide bonds. The van der Waals surface area contributed by atoms with Gasteiger partial charge in [-0.2, -0.15) is 0 Å². The molecule has 0 aliphatic heterocycles. The first-order valence-corrected chi connectivity index (χ1v) is 8.02. The van der Waals surface area contributed by atoms with Crippen LogP contribution >= 0.6 is 0 Å². The summed E-state index contributed by atoms with van der Waals surface area (Å²) in [5, 5.41) is 5.70. The zero-order valence-electron chi connectivity index (χ0n) is 14.4. The topological polar surface area (TPSA) is 80.3 Å². The molecular formula is C20H16FN3O3. The van der Waals surface area contributed by atoms with Crippen molar-refractivity contribution in [3.8, 4) is 0 Å². The van der Waals surface area contributed by atoms with Crippen molar-refractivity contribution in [2.75, 3.05) is 17.7 Å². The number of amides is 1. The first kappa shape index (κ1) is 18.1. The standard InChI is InChI=1S/C20H16FN3O3/c1-27-20(26)13-4-2-6-16(8-13)23-18-9-14(11-22-12-18)19(25)24-17-7-3-5-15(21)10-17/h2-12,23H,1H3,(H,24,25). The predicted octanol–water partition coefficient (Wildman–Crippen LogP) is 4.00. The van der Waals surface area contributed by atoms with Crippen molar-refractivity contribution in [2.24, 2.45) is 0 Å².